The molecule has 19 heavy (non-hydrogen) atoms. The number of carbonyl (C=O) groups is 1. The SMILES string of the molecule is CCc1c(C(=O)[O-])c(=O)oc2cc([N+](=O)[O-])ccc12. The van der Waals surface area contributed by atoms with Crippen molar-refractivity contribution in [2.75, 3.05) is 0 Å². The van der Waals surface area contributed by atoms with Crippen LogP contribution in [0.1, 0.15) is 22.8 Å². The Balaban J connectivity index is 2.89. The number of benzene rings is 1. The molecule has 0 saturated heterocycles. The molecule has 2 aromatic rings. The number of rotatable bonds is 3. The largest absolute Gasteiger partial charge is 0.545 e. The monoisotopic (exact) mass is 262 g/mol. The van der Waals surface area contributed by atoms with Gasteiger partial charge in [0.25, 0.3) is 5.69 Å². The molecule has 0 aliphatic carbocycles. The molecular weight excluding hydrogens is 254 g/mol. The van der Waals surface area contributed by atoms with Crippen LogP contribution in [-0.4, -0.2) is 10.9 Å². The summed E-state index contributed by atoms with van der Waals surface area (Å²) in [4.78, 5) is 32.5. The van der Waals surface area contributed by atoms with Gasteiger partial charge in [0.15, 0.2) is 0 Å². The summed E-state index contributed by atoms with van der Waals surface area (Å²) in [6.45, 7) is 1.67. The lowest BCUT2D eigenvalue weighted by molar-refractivity contribution is -0.384. The summed E-state index contributed by atoms with van der Waals surface area (Å²) in [5.41, 5.74) is -1.60. The van der Waals surface area contributed by atoms with E-state index in [0.717, 1.165) is 6.07 Å². The predicted octanol–water partition coefficient (Wildman–Crippen LogP) is 0.627. The molecule has 2 rings (SSSR count). The van der Waals surface area contributed by atoms with Gasteiger partial charge in [-0.3, -0.25) is 10.1 Å². The van der Waals surface area contributed by atoms with Crippen LogP contribution in [0.3, 0.4) is 0 Å². The molecule has 1 aromatic heterocycles. The van der Waals surface area contributed by atoms with E-state index in [1.54, 1.807) is 6.92 Å². The molecule has 7 nitrogen and oxygen atoms in total. The highest BCUT2D eigenvalue weighted by Gasteiger charge is 2.16. The molecule has 0 aliphatic rings. The third-order valence-electron chi connectivity index (χ3n) is 2.77. The zero-order valence-electron chi connectivity index (χ0n) is 9.84. The van der Waals surface area contributed by atoms with Gasteiger partial charge < -0.3 is 14.3 Å². The number of nitro groups is 1. The molecule has 0 amide bonds. The zero-order valence-corrected chi connectivity index (χ0v) is 9.84. The lowest BCUT2D eigenvalue weighted by Crippen LogP contribution is -2.30. The molecule has 0 fully saturated rings. The van der Waals surface area contributed by atoms with E-state index in [2.05, 4.69) is 0 Å². The molecule has 0 saturated carbocycles. The van der Waals surface area contributed by atoms with Gasteiger partial charge >= 0.3 is 5.63 Å². The maximum absolute atomic E-state index is 11.6. The fraction of sp³-hybridized carbons (Fsp3) is 0.167. The van der Waals surface area contributed by atoms with Crippen LogP contribution in [0, 0.1) is 10.1 Å². The number of carboxylic acids is 1. The van der Waals surface area contributed by atoms with Gasteiger partial charge in [0.1, 0.15) is 5.58 Å². The number of non-ortho nitro benzene ring substituents is 1. The van der Waals surface area contributed by atoms with Crippen molar-refractivity contribution < 1.29 is 19.2 Å². The molecule has 0 radical (unpaired) electrons. The number of carbonyl (C=O) groups excluding carboxylic acids is 1. The average Bonchev–Trinajstić information content (AvgIpc) is 2.35. The highest BCUT2D eigenvalue weighted by atomic mass is 16.6. The summed E-state index contributed by atoms with van der Waals surface area (Å²) in [7, 11) is 0. The Morgan fingerprint density at radius 2 is 2.11 bits per heavy atom. The number of hydrogen-bond donors (Lipinski definition) is 0. The van der Waals surface area contributed by atoms with Crippen molar-refractivity contribution in [2.45, 2.75) is 13.3 Å². The molecule has 0 atom stereocenters. The third-order valence-corrected chi connectivity index (χ3v) is 2.77. The highest BCUT2D eigenvalue weighted by molar-refractivity contribution is 5.94. The van der Waals surface area contributed by atoms with Crippen molar-refractivity contribution in [3.05, 3.63) is 49.9 Å². The lowest BCUT2D eigenvalue weighted by Gasteiger charge is -2.09. The van der Waals surface area contributed by atoms with Gasteiger partial charge in [0.05, 0.1) is 22.5 Å². The molecule has 0 spiro atoms. The van der Waals surface area contributed by atoms with Crippen molar-refractivity contribution in [3.63, 3.8) is 0 Å². The smallest absolute Gasteiger partial charge is 0.345 e. The molecule has 7 heteroatoms. The van der Waals surface area contributed by atoms with Gasteiger partial charge in [-0.25, -0.2) is 4.79 Å². The molecule has 0 bridgehead atoms. The van der Waals surface area contributed by atoms with Crippen molar-refractivity contribution in [2.24, 2.45) is 0 Å². The predicted molar refractivity (Wildman–Crippen MR) is 62.8 cm³/mol. The Kier molecular flexibility index (Phi) is 3.04. The first-order chi connectivity index (χ1) is 8.95. The quantitative estimate of drug-likeness (QED) is 0.455. The summed E-state index contributed by atoms with van der Waals surface area (Å²) in [5, 5.41) is 21.9. The molecule has 0 aliphatic heterocycles. The van der Waals surface area contributed by atoms with Gasteiger partial charge in [0.2, 0.25) is 0 Å². The number of aryl methyl sites for hydroxylation is 1. The molecule has 98 valence electrons. The van der Waals surface area contributed by atoms with E-state index in [1.807, 2.05) is 0 Å². The normalized spacial score (nSPS) is 10.6. The van der Waals surface area contributed by atoms with Crippen molar-refractivity contribution in [1.29, 1.82) is 0 Å². The Hall–Kier alpha value is -2.70. The van der Waals surface area contributed by atoms with Crippen LogP contribution < -0.4 is 10.7 Å². The number of hydrogen-bond acceptors (Lipinski definition) is 6. The average molecular weight is 262 g/mol. The van der Waals surface area contributed by atoms with Gasteiger partial charge in [-0.2, -0.15) is 0 Å². The first kappa shape index (κ1) is 12.7. The molecule has 0 unspecified atom stereocenters. The van der Waals surface area contributed by atoms with Crippen molar-refractivity contribution >= 4 is 22.6 Å². The standard InChI is InChI=1S/C12H9NO6/c1-2-7-8-4-3-6(13(17)18)5-9(8)19-12(16)10(7)11(14)15/h3-5H,2H2,1H3,(H,14,15)/p-1. The van der Waals surface area contributed by atoms with E-state index in [-0.39, 0.29) is 23.3 Å². The van der Waals surface area contributed by atoms with Gasteiger partial charge in [-0.15, -0.1) is 0 Å². The van der Waals surface area contributed by atoms with Crippen molar-refractivity contribution in [3.8, 4) is 0 Å². The fourth-order valence-electron chi connectivity index (χ4n) is 1.94. The minimum Gasteiger partial charge on any atom is -0.545 e. The summed E-state index contributed by atoms with van der Waals surface area (Å²) in [5.74, 6) is -1.62. The summed E-state index contributed by atoms with van der Waals surface area (Å²) < 4.78 is 4.81. The topological polar surface area (TPSA) is 113 Å². The second-order valence-electron chi connectivity index (χ2n) is 3.82. The summed E-state index contributed by atoms with van der Waals surface area (Å²) in [6.07, 6.45) is 0.267. The van der Waals surface area contributed by atoms with Crippen LogP contribution in [0.4, 0.5) is 5.69 Å². The maximum atomic E-state index is 11.6. The number of carboxylic acid groups (broad SMARTS) is 1. The van der Waals surface area contributed by atoms with Gasteiger partial charge in [0, 0.05) is 11.5 Å². The Morgan fingerprint density at radius 3 is 2.63 bits per heavy atom. The summed E-state index contributed by atoms with van der Waals surface area (Å²) in [6, 6.07) is 3.68. The third kappa shape index (κ3) is 2.05. The van der Waals surface area contributed by atoms with Crippen LogP contribution in [0.15, 0.2) is 27.4 Å². The Bertz CT molecular complexity index is 746. The summed E-state index contributed by atoms with van der Waals surface area (Å²) >= 11 is 0. The van der Waals surface area contributed by atoms with E-state index < -0.39 is 22.1 Å². The van der Waals surface area contributed by atoms with E-state index in [4.69, 9.17) is 4.42 Å². The van der Waals surface area contributed by atoms with E-state index in [9.17, 15) is 24.8 Å². The van der Waals surface area contributed by atoms with E-state index in [1.165, 1.54) is 12.1 Å². The van der Waals surface area contributed by atoms with Gasteiger partial charge in [-0.1, -0.05) is 6.92 Å². The van der Waals surface area contributed by atoms with Crippen LogP contribution in [0.2, 0.25) is 0 Å². The molecule has 1 heterocycles. The highest BCUT2D eigenvalue weighted by Crippen LogP contribution is 2.24. The minimum atomic E-state index is -1.62. The first-order valence-electron chi connectivity index (χ1n) is 5.41. The number of aromatic carboxylic acids is 1. The van der Waals surface area contributed by atoms with Crippen molar-refractivity contribution in [1.82, 2.24) is 0 Å². The van der Waals surface area contributed by atoms with Crippen LogP contribution in [-0.2, 0) is 6.42 Å². The Morgan fingerprint density at radius 1 is 1.42 bits per heavy atom. The number of nitrogens with zero attached hydrogens (tertiary/aromatic N) is 1. The molecule has 0 N–H and O–H groups in total. The number of fused-ring (bicyclic) bond motifs is 1. The van der Waals surface area contributed by atoms with E-state index >= 15 is 0 Å². The second-order valence-corrected chi connectivity index (χ2v) is 3.82. The zero-order chi connectivity index (χ0) is 14.2. The minimum absolute atomic E-state index is 0.0129. The first-order valence-corrected chi connectivity index (χ1v) is 5.41. The molecular formula is C12H8NO6-. The van der Waals surface area contributed by atoms with Crippen LogP contribution in [0.25, 0.3) is 11.0 Å². The van der Waals surface area contributed by atoms with Gasteiger partial charge in [-0.05, 0) is 18.1 Å². The van der Waals surface area contributed by atoms with E-state index in [0.29, 0.717) is 5.39 Å². The maximum Gasteiger partial charge on any atom is 0.345 e. The number of nitro benzene ring substituents is 1. The fourth-order valence-corrected chi connectivity index (χ4v) is 1.94. The van der Waals surface area contributed by atoms with Crippen LogP contribution >= 0.6 is 0 Å². The second kappa shape index (κ2) is 4.52. The molecule has 1 aromatic carbocycles. The Labute approximate surface area is 106 Å². The van der Waals surface area contributed by atoms with Crippen LogP contribution in [0.5, 0.6) is 0 Å². The lowest BCUT2D eigenvalue weighted by atomic mass is 10.0.